The third-order valence-corrected chi connectivity index (χ3v) is 4.31. The molecule has 1 heterocycles. The monoisotopic (exact) mass is 394 g/mol. The minimum atomic E-state index is -0.624. The number of amides is 3. The largest absolute Gasteiger partial charge is 0.368 e. The fourth-order valence-corrected chi connectivity index (χ4v) is 2.79. The summed E-state index contributed by atoms with van der Waals surface area (Å²) in [7, 11) is 0. The topological polar surface area (TPSA) is 114 Å². The highest BCUT2D eigenvalue weighted by Crippen LogP contribution is 2.18. The molecule has 4 N–H and O–H groups in total. The number of primary amides is 1. The quantitative estimate of drug-likeness (QED) is 0.592. The molecule has 3 aromatic rings. The van der Waals surface area contributed by atoms with E-state index in [0.29, 0.717) is 27.7 Å². The van der Waals surface area contributed by atoms with E-state index in [1.165, 1.54) is 12.1 Å². The van der Waals surface area contributed by atoms with Gasteiger partial charge in [-0.2, -0.15) is 0 Å². The Morgan fingerprint density at radius 3 is 2.41 bits per heavy atom. The Hall–Kier alpha value is -3.81. The molecule has 0 saturated heterocycles. The Labute approximate surface area is 166 Å². The van der Waals surface area contributed by atoms with Crippen LogP contribution in [0.5, 0.6) is 0 Å². The van der Waals surface area contributed by atoms with Gasteiger partial charge in [-0.25, -0.2) is 4.39 Å². The maximum absolute atomic E-state index is 13.3. The summed E-state index contributed by atoms with van der Waals surface area (Å²) in [5, 5.41) is 5.88. The Balaban J connectivity index is 1.65. The molecule has 0 aliphatic rings. The molecule has 0 atom stereocenters. The van der Waals surface area contributed by atoms with E-state index in [1.807, 2.05) is 0 Å². The number of hydrogen-bond donors (Lipinski definition) is 3. The molecule has 0 bridgehead atoms. The summed E-state index contributed by atoms with van der Waals surface area (Å²) >= 11 is 0. The minimum absolute atomic E-state index is 0.234. The van der Waals surface area contributed by atoms with Gasteiger partial charge in [-0.3, -0.25) is 19.4 Å². The number of rotatable bonds is 6. The summed E-state index contributed by atoms with van der Waals surface area (Å²) in [6, 6.07) is 12.5. The summed E-state index contributed by atoms with van der Waals surface area (Å²) in [6.07, 6.45) is 0. The van der Waals surface area contributed by atoms with Crippen LogP contribution in [0.4, 0.5) is 4.39 Å². The molecule has 1 aromatic heterocycles. The summed E-state index contributed by atoms with van der Waals surface area (Å²) < 4.78 is 13.3. The predicted octanol–water partition coefficient (Wildman–Crippen LogP) is 1.83. The number of nitrogens with zero attached hydrogens (tertiary/aromatic N) is 1. The van der Waals surface area contributed by atoms with Gasteiger partial charge in [0.25, 0.3) is 11.8 Å². The van der Waals surface area contributed by atoms with Crippen molar-refractivity contribution in [3.05, 3.63) is 76.7 Å². The fraction of sp³-hybridized carbons (Fsp3) is 0.143. The van der Waals surface area contributed by atoms with Gasteiger partial charge in [0.2, 0.25) is 5.91 Å². The number of aromatic nitrogens is 1. The van der Waals surface area contributed by atoms with Gasteiger partial charge in [0.05, 0.1) is 23.3 Å². The lowest BCUT2D eigenvalue weighted by molar-refractivity contribution is -0.117. The first-order valence-electron chi connectivity index (χ1n) is 8.84. The van der Waals surface area contributed by atoms with Crippen molar-refractivity contribution >= 4 is 28.6 Å². The lowest BCUT2D eigenvalue weighted by Crippen LogP contribution is -2.33. The highest BCUT2D eigenvalue weighted by atomic mass is 19.1. The van der Waals surface area contributed by atoms with Crippen LogP contribution in [-0.2, 0) is 11.3 Å². The van der Waals surface area contributed by atoms with E-state index in [9.17, 15) is 18.8 Å². The number of carbonyl (C=O) groups excluding carboxylic acids is 3. The molecule has 0 fully saturated rings. The van der Waals surface area contributed by atoms with Gasteiger partial charge < -0.3 is 16.4 Å². The molecule has 7 nitrogen and oxygen atoms in total. The molecule has 0 spiro atoms. The van der Waals surface area contributed by atoms with Crippen LogP contribution < -0.4 is 16.4 Å². The van der Waals surface area contributed by atoms with Gasteiger partial charge in [0.1, 0.15) is 5.82 Å². The highest BCUT2D eigenvalue weighted by Gasteiger charge is 2.12. The highest BCUT2D eigenvalue weighted by molar-refractivity contribution is 5.98. The fourth-order valence-electron chi connectivity index (χ4n) is 2.79. The Morgan fingerprint density at radius 1 is 1.00 bits per heavy atom. The average molecular weight is 394 g/mol. The number of carbonyl (C=O) groups is 3. The maximum Gasteiger partial charge on any atom is 0.253 e. The zero-order valence-corrected chi connectivity index (χ0v) is 15.7. The van der Waals surface area contributed by atoms with Crippen molar-refractivity contribution < 1.29 is 18.8 Å². The standard InChI is InChI=1S/C21H19FN4O3/c1-12-17(8-15-6-7-16(22)9-18(15)26-12)21(29)24-10-13-2-4-14(5-3-13)20(28)25-11-19(23)27/h2-9H,10-11H2,1H3,(H2,23,27)(H,24,29)(H,25,28). The molecule has 0 aliphatic carbocycles. The lowest BCUT2D eigenvalue weighted by Gasteiger charge is -2.10. The zero-order chi connectivity index (χ0) is 21.0. The van der Waals surface area contributed by atoms with Gasteiger partial charge in [-0.1, -0.05) is 12.1 Å². The number of nitrogens with two attached hydrogens (primary N) is 1. The number of fused-ring (bicyclic) bond motifs is 1. The van der Waals surface area contributed by atoms with Gasteiger partial charge in [0, 0.05) is 23.6 Å². The summed E-state index contributed by atoms with van der Waals surface area (Å²) in [5.41, 5.74) is 7.56. The molecular formula is C21H19FN4O3. The summed E-state index contributed by atoms with van der Waals surface area (Å²) in [5.74, 6) is -1.71. The van der Waals surface area contributed by atoms with E-state index >= 15 is 0 Å². The van der Waals surface area contributed by atoms with Crippen LogP contribution in [0.25, 0.3) is 10.9 Å². The second-order valence-electron chi connectivity index (χ2n) is 6.49. The van der Waals surface area contributed by atoms with Crippen molar-refractivity contribution in [1.29, 1.82) is 0 Å². The van der Waals surface area contributed by atoms with E-state index < -0.39 is 11.8 Å². The predicted molar refractivity (Wildman–Crippen MR) is 106 cm³/mol. The van der Waals surface area contributed by atoms with E-state index in [1.54, 1.807) is 43.3 Å². The maximum atomic E-state index is 13.3. The van der Waals surface area contributed by atoms with Crippen molar-refractivity contribution in [2.75, 3.05) is 6.54 Å². The number of benzene rings is 2. The minimum Gasteiger partial charge on any atom is -0.368 e. The van der Waals surface area contributed by atoms with E-state index in [-0.39, 0.29) is 24.8 Å². The molecule has 2 aromatic carbocycles. The van der Waals surface area contributed by atoms with Crippen LogP contribution in [0.15, 0.2) is 48.5 Å². The van der Waals surface area contributed by atoms with Crippen molar-refractivity contribution in [1.82, 2.24) is 15.6 Å². The molecule has 29 heavy (non-hydrogen) atoms. The van der Waals surface area contributed by atoms with Gasteiger partial charge in [-0.05, 0) is 42.8 Å². The number of halogens is 1. The smallest absolute Gasteiger partial charge is 0.253 e. The van der Waals surface area contributed by atoms with Crippen molar-refractivity contribution in [2.24, 2.45) is 5.73 Å². The molecular weight excluding hydrogens is 375 g/mol. The second-order valence-corrected chi connectivity index (χ2v) is 6.49. The number of nitrogens with one attached hydrogen (secondary N) is 2. The molecule has 3 amide bonds. The summed E-state index contributed by atoms with van der Waals surface area (Å²) in [6.45, 7) is 1.71. The average Bonchev–Trinajstić information content (AvgIpc) is 2.70. The first-order valence-corrected chi connectivity index (χ1v) is 8.84. The van der Waals surface area contributed by atoms with Crippen LogP contribution in [0, 0.1) is 12.7 Å². The van der Waals surface area contributed by atoms with Crippen LogP contribution in [0.2, 0.25) is 0 Å². The van der Waals surface area contributed by atoms with E-state index in [0.717, 1.165) is 5.56 Å². The van der Waals surface area contributed by atoms with Crippen LogP contribution in [0.1, 0.15) is 32.0 Å². The third-order valence-electron chi connectivity index (χ3n) is 4.31. The van der Waals surface area contributed by atoms with Crippen molar-refractivity contribution in [2.45, 2.75) is 13.5 Å². The second kappa shape index (κ2) is 8.47. The first kappa shape index (κ1) is 19.9. The third kappa shape index (κ3) is 4.92. The SMILES string of the molecule is Cc1nc2cc(F)ccc2cc1C(=O)NCc1ccc(C(=O)NCC(N)=O)cc1. The molecule has 148 valence electrons. The lowest BCUT2D eigenvalue weighted by atomic mass is 10.1. The molecule has 0 saturated carbocycles. The van der Waals surface area contributed by atoms with Crippen LogP contribution >= 0.6 is 0 Å². The first-order chi connectivity index (χ1) is 13.8. The number of aryl methyl sites for hydroxylation is 1. The number of hydrogen-bond acceptors (Lipinski definition) is 4. The van der Waals surface area contributed by atoms with Gasteiger partial charge in [0.15, 0.2) is 0 Å². The van der Waals surface area contributed by atoms with E-state index in [2.05, 4.69) is 15.6 Å². The molecule has 0 unspecified atom stereocenters. The molecule has 0 radical (unpaired) electrons. The molecule has 0 aliphatic heterocycles. The van der Waals surface area contributed by atoms with Crippen LogP contribution in [-0.4, -0.2) is 29.3 Å². The normalized spacial score (nSPS) is 10.6. The Kier molecular flexibility index (Phi) is 5.82. The van der Waals surface area contributed by atoms with Gasteiger partial charge in [-0.15, -0.1) is 0 Å². The Morgan fingerprint density at radius 2 is 1.72 bits per heavy atom. The van der Waals surface area contributed by atoms with Crippen molar-refractivity contribution in [3.63, 3.8) is 0 Å². The van der Waals surface area contributed by atoms with Gasteiger partial charge >= 0.3 is 0 Å². The van der Waals surface area contributed by atoms with Crippen molar-refractivity contribution in [3.8, 4) is 0 Å². The molecule has 3 rings (SSSR count). The summed E-state index contributed by atoms with van der Waals surface area (Å²) in [4.78, 5) is 39.4. The van der Waals surface area contributed by atoms with Crippen LogP contribution in [0.3, 0.4) is 0 Å². The Bertz CT molecular complexity index is 1100. The van der Waals surface area contributed by atoms with E-state index in [4.69, 9.17) is 5.73 Å². The zero-order valence-electron chi connectivity index (χ0n) is 15.7. The molecule has 8 heteroatoms. The number of pyridine rings is 1.